The lowest BCUT2D eigenvalue weighted by Crippen LogP contribution is -2.01. The van der Waals surface area contributed by atoms with E-state index in [9.17, 15) is 0 Å². The molecule has 0 aliphatic heterocycles. The first-order valence-corrected chi connectivity index (χ1v) is 18.9. The summed E-state index contributed by atoms with van der Waals surface area (Å²) >= 11 is 0. The second kappa shape index (κ2) is 11.0. The van der Waals surface area contributed by atoms with Gasteiger partial charge < -0.3 is 8.98 Å². The molecule has 3 heterocycles. The summed E-state index contributed by atoms with van der Waals surface area (Å²) in [5, 5.41) is 11.9. The van der Waals surface area contributed by atoms with Gasteiger partial charge in [0.05, 0.1) is 16.7 Å². The predicted molar refractivity (Wildman–Crippen MR) is 229 cm³/mol. The maximum absolute atomic E-state index is 6.49. The quantitative estimate of drug-likeness (QED) is 0.182. The number of hydrogen-bond donors (Lipinski definition) is 0. The number of nitrogens with zero attached hydrogens (tertiary/aromatic N) is 4. The lowest BCUT2D eigenvalue weighted by atomic mass is 9.98. The van der Waals surface area contributed by atoms with Crippen LogP contribution in [0.4, 0.5) is 0 Å². The van der Waals surface area contributed by atoms with Gasteiger partial charge in [-0.15, -0.1) is 0 Å². The normalized spacial score (nSPS) is 12.3. The fraction of sp³-hybridized carbons (Fsp3) is 0. The highest BCUT2D eigenvalue weighted by molar-refractivity contribution is 6.38. The molecule has 0 fully saturated rings. The van der Waals surface area contributed by atoms with E-state index in [0.29, 0.717) is 17.5 Å². The Hall–Kier alpha value is -7.63. The molecule has 3 aromatic heterocycles. The van der Waals surface area contributed by atoms with Crippen molar-refractivity contribution in [3.63, 3.8) is 0 Å². The van der Waals surface area contributed by atoms with Crippen molar-refractivity contribution in [1.82, 2.24) is 19.5 Å². The largest absolute Gasteiger partial charge is 0.456 e. The van der Waals surface area contributed by atoms with E-state index in [-0.39, 0.29) is 0 Å². The molecule has 0 unspecified atom stereocenters. The van der Waals surface area contributed by atoms with E-state index in [2.05, 4.69) is 156 Å². The van der Waals surface area contributed by atoms with Crippen molar-refractivity contribution in [3.05, 3.63) is 170 Å². The average Bonchev–Trinajstić information content (AvgIpc) is 3.78. The first kappa shape index (κ1) is 29.8. The summed E-state index contributed by atoms with van der Waals surface area (Å²) < 4.78 is 8.94. The van der Waals surface area contributed by atoms with Gasteiger partial charge in [0.1, 0.15) is 11.2 Å². The Kier molecular flexibility index (Phi) is 5.83. The summed E-state index contributed by atoms with van der Waals surface area (Å²) in [6, 6.07) is 60.1. The van der Waals surface area contributed by atoms with Crippen molar-refractivity contribution >= 4 is 76.1 Å². The van der Waals surface area contributed by atoms with Gasteiger partial charge in [0.2, 0.25) is 0 Å². The zero-order chi connectivity index (χ0) is 36.5. The fourth-order valence-corrected chi connectivity index (χ4v) is 9.33. The molecule has 0 spiro atoms. The van der Waals surface area contributed by atoms with Crippen LogP contribution in [0.1, 0.15) is 0 Å². The lowest BCUT2D eigenvalue weighted by Gasteiger charge is -2.14. The topological polar surface area (TPSA) is 56.7 Å². The van der Waals surface area contributed by atoms with E-state index in [4.69, 9.17) is 19.4 Å². The van der Waals surface area contributed by atoms with Gasteiger partial charge in [-0.05, 0) is 69.1 Å². The number of hydrogen-bond acceptors (Lipinski definition) is 4. The predicted octanol–water partition coefficient (Wildman–Crippen LogP) is 13.3. The molecule has 0 radical (unpaired) electrons. The zero-order valence-corrected chi connectivity index (χ0v) is 29.9. The summed E-state index contributed by atoms with van der Waals surface area (Å²) in [6.45, 7) is 0. The molecule has 0 saturated carbocycles. The Morgan fingerprint density at radius 3 is 1.91 bits per heavy atom. The molecule has 56 heavy (non-hydrogen) atoms. The van der Waals surface area contributed by atoms with Crippen LogP contribution in [0.3, 0.4) is 0 Å². The molecule has 5 nitrogen and oxygen atoms in total. The van der Waals surface area contributed by atoms with Gasteiger partial charge in [0, 0.05) is 49.0 Å². The molecule has 1 aliphatic rings. The lowest BCUT2D eigenvalue weighted by molar-refractivity contribution is 0.669. The zero-order valence-electron chi connectivity index (χ0n) is 29.9. The minimum Gasteiger partial charge on any atom is -0.456 e. The Labute approximate surface area is 319 Å². The molecule has 0 amide bonds. The third kappa shape index (κ3) is 4.01. The maximum atomic E-state index is 6.49. The molecule has 0 atom stereocenters. The highest BCUT2D eigenvalue weighted by Crippen LogP contribution is 2.51. The summed E-state index contributed by atoms with van der Waals surface area (Å²) in [7, 11) is 0. The highest BCUT2D eigenvalue weighted by atomic mass is 16.3. The second-order valence-corrected chi connectivity index (χ2v) is 14.7. The van der Waals surface area contributed by atoms with Gasteiger partial charge >= 0.3 is 0 Å². The molecule has 13 rings (SSSR count). The Morgan fingerprint density at radius 1 is 0.357 bits per heavy atom. The van der Waals surface area contributed by atoms with Gasteiger partial charge in [-0.2, -0.15) is 0 Å². The third-order valence-corrected chi connectivity index (χ3v) is 11.7. The van der Waals surface area contributed by atoms with Gasteiger partial charge in [-0.1, -0.05) is 133 Å². The van der Waals surface area contributed by atoms with Crippen molar-refractivity contribution in [1.29, 1.82) is 0 Å². The molecular weight excluding hydrogens is 685 g/mol. The van der Waals surface area contributed by atoms with E-state index in [1.54, 1.807) is 0 Å². The molecule has 1 aliphatic carbocycles. The van der Waals surface area contributed by atoms with E-state index < -0.39 is 0 Å². The maximum Gasteiger partial charge on any atom is 0.164 e. The van der Waals surface area contributed by atoms with E-state index in [1.807, 2.05) is 18.2 Å². The van der Waals surface area contributed by atoms with Crippen LogP contribution in [-0.2, 0) is 0 Å². The first-order chi connectivity index (χ1) is 27.8. The fourth-order valence-electron chi connectivity index (χ4n) is 9.33. The minimum absolute atomic E-state index is 0.631. The Balaban J connectivity index is 1.09. The molecule has 0 N–H and O–H groups in total. The first-order valence-electron chi connectivity index (χ1n) is 18.9. The smallest absolute Gasteiger partial charge is 0.164 e. The highest BCUT2D eigenvalue weighted by Gasteiger charge is 2.26. The number of aromatic nitrogens is 4. The molecule has 0 bridgehead atoms. The van der Waals surface area contributed by atoms with E-state index in [1.165, 1.54) is 49.0 Å². The van der Waals surface area contributed by atoms with E-state index >= 15 is 0 Å². The van der Waals surface area contributed by atoms with Crippen LogP contribution in [-0.4, -0.2) is 19.5 Å². The molecule has 9 aromatic carbocycles. The van der Waals surface area contributed by atoms with Crippen molar-refractivity contribution in [2.75, 3.05) is 0 Å². The van der Waals surface area contributed by atoms with Gasteiger partial charge in [-0.25, -0.2) is 15.0 Å². The van der Waals surface area contributed by atoms with Crippen LogP contribution < -0.4 is 0 Å². The van der Waals surface area contributed by atoms with Crippen LogP contribution in [0.25, 0.3) is 127 Å². The molecule has 0 saturated heterocycles. The third-order valence-electron chi connectivity index (χ3n) is 11.7. The van der Waals surface area contributed by atoms with Crippen LogP contribution in [0.2, 0.25) is 0 Å². The van der Waals surface area contributed by atoms with Crippen molar-refractivity contribution in [2.45, 2.75) is 0 Å². The summed E-state index contributed by atoms with van der Waals surface area (Å²) in [5.74, 6) is 1.92. The number of fused-ring (bicyclic) bond motifs is 3. The molecule has 5 heteroatoms. The summed E-state index contributed by atoms with van der Waals surface area (Å²) in [5.41, 5.74) is 10.6. The standard InChI is InChI=1S/C51H28N4O/c1-2-11-32(12-3-1)49-52-50(54-51(53-49)37-18-6-13-29-10-4-5-15-34(29)37)33-23-22-30-14-7-19-39(38(30)28-33)55-40-20-8-16-35-36-17-9-21-42-46(36)48-43(56-42)27-25-31-24-26-41(55)47(44(31)48)45(35)40/h1-28H. The Morgan fingerprint density at radius 2 is 1.00 bits per heavy atom. The van der Waals surface area contributed by atoms with Crippen LogP contribution in [0.5, 0.6) is 0 Å². The molecular formula is C51H28N4O. The van der Waals surface area contributed by atoms with Crippen molar-refractivity contribution in [3.8, 4) is 51.0 Å². The van der Waals surface area contributed by atoms with Gasteiger partial charge in [-0.3, -0.25) is 0 Å². The Bertz CT molecular complexity index is 3650. The number of benzene rings is 9. The van der Waals surface area contributed by atoms with Crippen LogP contribution in [0, 0.1) is 0 Å². The minimum atomic E-state index is 0.631. The SMILES string of the molecule is c1ccc(-c2nc(-c3ccc4cccc(-n5c6cccc7c6c6c8c(ccc9oc%10cccc-7c%10c98)ccc65)c4c3)nc(-c3cccc4ccccc34)n2)cc1. The molecule has 12 aromatic rings. The average molecular weight is 713 g/mol. The van der Waals surface area contributed by atoms with Crippen molar-refractivity contribution in [2.24, 2.45) is 0 Å². The monoisotopic (exact) mass is 712 g/mol. The molecule has 258 valence electrons. The summed E-state index contributed by atoms with van der Waals surface area (Å²) in [4.78, 5) is 15.4. The van der Waals surface area contributed by atoms with Gasteiger partial charge in [0.25, 0.3) is 0 Å². The van der Waals surface area contributed by atoms with Crippen LogP contribution in [0.15, 0.2) is 174 Å². The second-order valence-electron chi connectivity index (χ2n) is 14.7. The summed E-state index contributed by atoms with van der Waals surface area (Å²) in [6.07, 6.45) is 0. The van der Waals surface area contributed by atoms with Crippen LogP contribution >= 0.6 is 0 Å². The van der Waals surface area contributed by atoms with Crippen molar-refractivity contribution < 1.29 is 4.42 Å². The van der Waals surface area contributed by atoms with Gasteiger partial charge in [0.15, 0.2) is 17.5 Å². The number of rotatable bonds is 4. The van der Waals surface area contributed by atoms with E-state index in [0.717, 1.165) is 60.6 Å². The number of furan rings is 1.